The SMILES string of the molecule is COc1ccc2c(c1)Nc1scc(C)c1C(N1CCN(CC(C)(C)C(=O)O)CC1)=N2. The molecule has 2 aliphatic rings. The number of methoxy groups -OCH3 is 1. The first-order valence-electron chi connectivity index (χ1n) is 10.1. The van der Waals surface area contributed by atoms with Crippen LogP contribution in [-0.4, -0.2) is 66.5 Å². The molecule has 0 saturated carbocycles. The second-order valence-corrected chi connectivity index (χ2v) is 9.40. The second kappa shape index (κ2) is 7.92. The number of aliphatic imine (C=N–C) groups is 1. The third-order valence-electron chi connectivity index (χ3n) is 5.75. The van der Waals surface area contributed by atoms with Gasteiger partial charge in [-0.05, 0) is 43.8 Å². The molecule has 3 heterocycles. The molecular formula is C22H28N4O3S. The Kier molecular flexibility index (Phi) is 5.46. The summed E-state index contributed by atoms with van der Waals surface area (Å²) >= 11 is 1.69. The number of carboxylic acid groups (broad SMARTS) is 1. The van der Waals surface area contributed by atoms with Gasteiger partial charge in [0.1, 0.15) is 16.6 Å². The number of ether oxygens (including phenoxy) is 1. The predicted octanol–water partition coefficient (Wildman–Crippen LogP) is 3.93. The summed E-state index contributed by atoms with van der Waals surface area (Å²) in [5.41, 5.74) is 3.43. The number of anilines is 2. The number of carboxylic acids is 1. The minimum Gasteiger partial charge on any atom is -0.497 e. The number of amidine groups is 1. The Morgan fingerprint density at radius 2 is 2.03 bits per heavy atom. The van der Waals surface area contributed by atoms with Crippen LogP contribution in [0.5, 0.6) is 5.75 Å². The normalized spacial score (nSPS) is 16.8. The number of hydrogen-bond acceptors (Lipinski definition) is 7. The smallest absolute Gasteiger partial charge is 0.310 e. The maximum absolute atomic E-state index is 11.5. The van der Waals surface area contributed by atoms with Crippen LogP contribution in [0, 0.1) is 12.3 Å². The average Bonchev–Trinajstić information content (AvgIpc) is 2.98. The van der Waals surface area contributed by atoms with Gasteiger partial charge in [-0.1, -0.05) is 0 Å². The molecule has 0 spiro atoms. The van der Waals surface area contributed by atoms with Crippen molar-refractivity contribution in [1.82, 2.24) is 9.80 Å². The number of rotatable bonds is 4. The van der Waals surface area contributed by atoms with E-state index in [2.05, 4.69) is 27.4 Å². The second-order valence-electron chi connectivity index (χ2n) is 8.52. The molecule has 7 nitrogen and oxygen atoms in total. The summed E-state index contributed by atoms with van der Waals surface area (Å²) in [5.74, 6) is 1.02. The monoisotopic (exact) mass is 428 g/mol. The Morgan fingerprint density at radius 3 is 2.70 bits per heavy atom. The van der Waals surface area contributed by atoms with E-state index in [1.807, 2.05) is 18.2 Å². The Balaban J connectivity index is 1.60. The number of aryl methyl sites for hydroxylation is 1. The third-order valence-corrected chi connectivity index (χ3v) is 6.76. The molecule has 0 aliphatic carbocycles. The first-order valence-corrected chi connectivity index (χ1v) is 11.0. The highest BCUT2D eigenvalue weighted by molar-refractivity contribution is 7.14. The van der Waals surface area contributed by atoms with Crippen LogP contribution in [0.15, 0.2) is 28.6 Å². The van der Waals surface area contributed by atoms with Gasteiger partial charge in [-0.15, -0.1) is 11.3 Å². The van der Waals surface area contributed by atoms with Crippen LogP contribution < -0.4 is 10.1 Å². The van der Waals surface area contributed by atoms with E-state index in [9.17, 15) is 9.90 Å². The summed E-state index contributed by atoms with van der Waals surface area (Å²) in [5, 5.41) is 16.2. The van der Waals surface area contributed by atoms with Gasteiger partial charge in [-0.2, -0.15) is 0 Å². The lowest BCUT2D eigenvalue weighted by Gasteiger charge is -2.39. The van der Waals surface area contributed by atoms with E-state index in [0.29, 0.717) is 6.54 Å². The molecule has 0 bridgehead atoms. The van der Waals surface area contributed by atoms with Gasteiger partial charge in [0.25, 0.3) is 0 Å². The van der Waals surface area contributed by atoms with Crippen molar-refractivity contribution in [2.75, 3.05) is 45.2 Å². The zero-order valence-electron chi connectivity index (χ0n) is 17.9. The molecule has 0 unspecified atom stereocenters. The van der Waals surface area contributed by atoms with Crippen molar-refractivity contribution in [1.29, 1.82) is 0 Å². The molecule has 2 aromatic rings. The van der Waals surface area contributed by atoms with Crippen LogP contribution in [0.3, 0.4) is 0 Å². The lowest BCUT2D eigenvalue weighted by Crippen LogP contribution is -2.52. The standard InChI is InChI=1S/C22H28N4O3S/c1-14-12-30-20-18(14)19(23-16-6-5-15(29-4)11-17(16)24-20)26-9-7-25(8-10-26)13-22(2,3)21(27)28/h5-6,11-12,24H,7-10,13H2,1-4H3,(H,27,28). The lowest BCUT2D eigenvalue weighted by atomic mass is 9.93. The number of piperazine rings is 1. The third kappa shape index (κ3) is 3.89. The summed E-state index contributed by atoms with van der Waals surface area (Å²) in [4.78, 5) is 21.1. The summed E-state index contributed by atoms with van der Waals surface area (Å²) in [6, 6.07) is 5.89. The van der Waals surface area contributed by atoms with Crippen LogP contribution in [0.4, 0.5) is 16.4 Å². The molecule has 1 aromatic heterocycles. The van der Waals surface area contributed by atoms with E-state index in [-0.39, 0.29) is 0 Å². The van der Waals surface area contributed by atoms with Gasteiger partial charge in [-0.3, -0.25) is 9.69 Å². The number of hydrogen-bond donors (Lipinski definition) is 2. The molecule has 8 heteroatoms. The Morgan fingerprint density at radius 1 is 1.30 bits per heavy atom. The van der Waals surface area contributed by atoms with Crippen molar-refractivity contribution in [2.45, 2.75) is 20.8 Å². The number of aliphatic carboxylic acids is 1. The molecule has 0 amide bonds. The van der Waals surface area contributed by atoms with Gasteiger partial charge < -0.3 is 20.1 Å². The number of nitrogens with zero attached hydrogens (tertiary/aromatic N) is 3. The zero-order chi connectivity index (χ0) is 21.5. The highest BCUT2D eigenvalue weighted by Crippen LogP contribution is 2.41. The largest absolute Gasteiger partial charge is 0.497 e. The Labute approximate surface area is 181 Å². The van der Waals surface area contributed by atoms with Crippen LogP contribution in [0.25, 0.3) is 0 Å². The molecule has 160 valence electrons. The van der Waals surface area contributed by atoms with E-state index < -0.39 is 11.4 Å². The summed E-state index contributed by atoms with van der Waals surface area (Å²) in [6.45, 7) is 9.51. The predicted molar refractivity (Wildman–Crippen MR) is 121 cm³/mol. The number of fused-ring (bicyclic) bond motifs is 2. The highest BCUT2D eigenvalue weighted by Gasteiger charge is 2.33. The maximum Gasteiger partial charge on any atom is 0.310 e. The van der Waals surface area contributed by atoms with Crippen molar-refractivity contribution >= 4 is 39.5 Å². The maximum atomic E-state index is 11.5. The van der Waals surface area contributed by atoms with Gasteiger partial charge in [0.15, 0.2) is 0 Å². The van der Waals surface area contributed by atoms with Crippen molar-refractivity contribution in [2.24, 2.45) is 10.4 Å². The van der Waals surface area contributed by atoms with E-state index >= 15 is 0 Å². The average molecular weight is 429 g/mol. The zero-order valence-corrected chi connectivity index (χ0v) is 18.7. The number of nitrogens with one attached hydrogen (secondary N) is 1. The van der Waals surface area contributed by atoms with Gasteiger partial charge in [0, 0.05) is 38.8 Å². The number of thiophene rings is 1. The molecule has 2 aliphatic heterocycles. The van der Waals surface area contributed by atoms with Crippen LogP contribution in [0.1, 0.15) is 25.0 Å². The van der Waals surface area contributed by atoms with Gasteiger partial charge in [0.05, 0.1) is 29.5 Å². The van der Waals surface area contributed by atoms with Crippen LogP contribution >= 0.6 is 11.3 Å². The van der Waals surface area contributed by atoms with Crippen molar-refractivity contribution in [3.05, 3.63) is 34.7 Å². The first kappa shape index (κ1) is 20.7. The molecule has 2 N–H and O–H groups in total. The minimum absolute atomic E-state index is 0.551. The van der Waals surface area contributed by atoms with E-state index in [4.69, 9.17) is 9.73 Å². The summed E-state index contributed by atoms with van der Waals surface area (Å²) in [7, 11) is 1.67. The molecule has 1 saturated heterocycles. The summed E-state index contributed by atoms with van der Waals surface area (Å²) in [6.07, 6.45) is 0. The number of carbonyl (C=O) groups is 1. The molecule has 30 heavy (non-hydrogen) atoms. The van der Waals surface area contributed by atoms with Crippen molar-refractivity contribution < 1.29 is 14.6 Å². The molecular weight excluding hydrogens is 400 g/mol. The van der Waals surface area contributed by atoms with E-state index in [1.165, 1.54) is 5.56 Å². The van der Waals surface area contributed by atoms with Crippen molar-refractivity contribution in [3.8, 4) is 5.75 Å². The molecule has 4 rings (SSSR count). The first-order chi connectivity index (χ1) is 14.3. The van der Waals surface area contributed by atoms with Crippen molar-refractivity contribution in [3.63, 3.8) is 0 Å². The van der Waals surface area contributed by atoms with Crippen LogP contribution in [-0.2, 0) is 4.79 Å². The van der Waals surface area contributed by atoms with E-state index in [1.54, 1.807) is 32.3 Å². The van der Waals surface area contributed by atoms with Gasteiger partial charge >= 0.3 is 5.97 Å². The van der Waals surface area contributed by atoms with E-state index in [0.717, 1.165) is 59.7 Å². The molecule has 0 radical (unpaired) electrons. The summed E-state index contributed by atoms with van der Waals surface area (Å²) < 4.78 is 5.38. The number of benzene rings is 1. The Hall–Kier alpha value is -2.58. The molecule has 1 aromatic carbocycles. The quantitative estimate of drug-likeness (QED) is 0.768. The van der Waals surface area contributed by atoms with Gasteiger partial charge in [-0.25, -0.2) is 4.99 Å². The topological polar surface area (TPSA) is 77.4 Å². The van der Waals surface area contributed by atoms with Gasteiger partial charge in [0.2, 0.25) is 0 Å². The fraction of sp³-hybridized carbons (Fsp3) is 0.455. The fourth-order valence-corrected chi connectivity index (χ4v) is 4.87. The van der Waals surface area contributed by atoms with Crippen LogP contribution in [0.2, 0.25) is 0 Å². The fourth-order valence-electron chi connectivity index (χ4n) is 3.92. The minimum atomic E-state index is -0.755. The molecule has 0 atom stereocenters. The lowest BCUT2D eigenvalue weighted by molar-refractivity contribution is -0.148. The highest BCUT2D eigenvalue weighted by atomic mass is 32.1. The Bertz CT molecular complexity index is 990. The molecule has 1 fully saturated rings.